The van der Waals surface area contributed by atoms with Crippen molar-refractivity contribution in [1.29, 1.82) is 0 Å². The maximum Gasteiger partial charge on any atom is 0.214 e. The monoisotopic (exact) mass is 363 g/mol. The molecule has 24 heavy (non-hydrogen) atoms. The molecule has 7 heteroatoms. The fourth-order valence-corrected chi connectivity index (χ4v) is 5.03. The summed E-state index contributed by atoms with van der Waals surface area (Å²) in [6.45, 7) is 11.2. The second-order valence-electron chi connectivity index (χ2n) is 7.13. The Bertz CT molecular complexity index is 442. The molecule has 0 aliphatic carbocycles. The Kier molecular flexibility index (Phi) is 9.74. The van der Waals surface area contributed by atoms with E-state index in [0.29, 0.717) is 32.3 Å². The van der Waals surface area contributed by atoms with Gasteiger partial charge in [-0.15, -0.1) is 0 Å². The van der Waals surface area contributed by atoms with Gasteiger partial charge >= 0.3 is 0 Å². The zero-order valence-corrected chi connectivity index (χ0v) is 17.0. The SMILES string of the molecule is CCOC[C@@H](C)CS(=O)(=O)N(CCN(C)C)C[C@@H]1CCCN1CC. The van der Waals surface area contributed by atoms with E-state index in [4.69, 9.17) is 4.74 Å². The molecule has 0 aromatic carbocycles. The number of nitrogens with zero attached hydrogens (tertiary/aromatic N) is 3. The van der Waals surface area contributed by atoms with E-state index in [2.05, 4.69) is 11.8 Å². The Morgan fingerprint density at radius 1 is 1.25 bits per heavy atom. The molecule has 1 aliphatic heterocycles. The Morgan fingerprint density at radius 3 is 2.54 bits per heavy atom. The quantitative estimate of drug-likeness (QED) is 0.524. The average molecular weight is 364 g/mol. The summed E-state index contributed by atoms with van der Waals surface area (Å²) in [4.78, 5) is 4.44. The van der Waals surface area contributed by atoms with E-state index < -0.39 is 10.0 Å². The van der Waals surface area contributed by atoms with Crippen LogP contribution in [0.3, 0.4) is 0 Å². The minimum atomic E-state index is -3.27. The highest BCUT2D eigenvalue weighted by Crippen LogP contribution is 2.20. The number of ether oxygens (including phenoxy) is 1. The molecular weight excluding hydrogens is 326 g/mol. The van der Waals surface area contributed by atoms with Crippen LogP contribution in [-0.4, -0.2) is 94.4 Å². The predicted octanol–water partition coefficient (Wildman–Crippen LogP) is 1.34. The lowest BCUT2D eigenvalue weighted by atomic mass is 10.2. The lowest BCUT2D eigenvalue weighted by Gasteiger charge is -2.31. The zero-order chi connectivity index (χ0) is 18.2. The first-order valence-corrected chi connectivity index (χ1v) is 10.8. The van der Waals surface area contributed by atoms with E-state index in [9.17, 15) is 8.42 Å². The molecule has 0 amide bonds. The third-order valence-corrected chi connectivity index (χ3v) is 6.72. The summed E-state index contributed by atoms with van der Waals surface area (Å²) < 4.78 is 33.0. The fraction of sp³-hybridized carbons (Fsp3) is 1.00. The first-order chi connectivity index (χ1) is 11.3. The summed E-state index contributed by atoms with van der Waals surface area (Å²) in [6, 6.07) is 0.356. The van der Waals surface area contributed by atoms with E-state index in [0.717, 1.165) is 26.1 Å². The highest BCUT2D eigenvalue weighted by atomic mass is 32.2. The van der Waals surface area contributed by atoms with Gasteiger partial charge in [0.25, 0.3) is 0 Å². The van der Waals surface area contributed by atoms with E-state index in [1.54, 1.807) is 4.31 Å². The minimum absolute atomic E-state index is 0.0164. The van der Waals surface area contributed by atoms with Crippen LogP contribution >= 0.6 is 0 Å². The smallest absolute Gasteiger partial charge is 0.214 e. The van der Waals surface area contributed by atoms with Crippen LogP contribution in [-0.2, 0) is 14.8 Å². The van der Waals surface area contributed by atoms with Gasteiger partial charge in [0.05, 0.1) is 12.4 Å². The summed E-state index contributed by atoms with van der Waals surface area (Å²) in [5, 5.41) is 0. The largest absolute Gasteiger partial charge is 0.381 e. The van der Waals surface area contributed by atoms with Gasteiger partial charge in [-0.3, -0.25) is 4.90 Å². The Labute approximate surface area is 149 Å². The summed E-state index contributed by atoms with van der Waals surface area (Å²) >= 11 is 0. The van der Waals surface area contributed by atoms with Crippen LogP contribution in [0.5, 0.6) is 0 Å². The topological polar surface area (TPSA) is 53.1 Å². The number of sulfonamides is 1. The van der Waals surface area contributed by atoms with E-state index in [1.165, 1.54) is 6.42 Å². The van der Waals surface area contributed by atoms with Crippen molar-refractivity contribution in [1.82, 2.24) is 14.1 Å². The highest BCUT2D eigenvalue weighted by Gasteiger charge is 2.31. The van der Waals surface area contributed by atoms with Gasteiger partial charge in [-0.05, 0) is 52.9 Å². The van der Waals surface area contributed by atoms with E-state index >= 15 is 0 Å². The average Bonchev–Trinajstić information content (AvgIpc) is 2.95. The van der Waals surface area contributed by atoms with Gasteiger partial charge in [0.2, 0.25) is 10.0 Å². The first-order valence-electron chi connectivity index (χ1n) is 9.24. The van der Waals surface area contributed by atoms with Crippen LogP contribution in [0.15, 0.2) is 0 Å². The molecule has 6 nitrogen and oxygen atoms in total. The van der Waals surface area contributed by atoms with Gasteiger partial charge in [0.1, 0.15) is 0 Å². The second-order valence-corrected chi connectivity index (χ2v) is 9.14. The van der Waals surface area contributed by atoms with Crippen LogP contribution in [0.4, 0.5) is 0 Å². The number of hydrogen-bond acceptors (Lipinski definition) is 5. The maximum absolute atomic E-state index is 12.9. The van der Waals surface area contributed by atoms with Crippen molar-refractivity contribution in [3.63, 3.8) is 0 Å². The van der Waals surface area contributed by atoms with Gasteiger partial charge < -0.3 is 9.64 Å². The summed E-state index contributed by atoms with van der Waals surface area (Å²) in [6.07, 6.45) is 2.26. The van der Waals surface area contributed by atoms with Gasteiger partial charge in [-0.1, -0.05) is 13.8 Å². The molecule has 144 valence electrons. The molecule has 0 radical (unpaired) electrons. The normalized spacial score (nSPS) is 21.0. The molecule has 0 unspecified atom stereocenters. The predicted molar refractivity (Wildman–Crippen MR) is 99.8 cm³/mol. The van der Waals surface area contributed by atoms with Crippen molar-refractivity contribution in [2.45, 2.75) is 39.7 Å². The lowest BCUT2D eigenvalue weighted by molar-refractivity contribution is 0.122. The molecule has 1 rings (SSSR count). The Hall–Kier alpha value is -0.210. The Morgan fingerprint density at radius 2 is 1.96 bits per heavy atom. The van der Waals surface area contributed by atoms with Crippen molar-refractivity contribution < 1.29 is 13.2 Å². The summed E-state index contributed by atoms with van der Waals surface area (Å²) in [7, 11) is 0.698. The van der Waals surface area contributed by atoms with Gasteiger partial charge in [0.15, 0.2) is 0 Å². The van der Waals surface area contributed by atoms with Crippen LogP contribution in [0, 0.1) is 5.92 Å². The van der Waals surface area contributed by atoms with Crippen molar-refractivity contribution in [2.24, 2.45) is 5.92 Å². The van der Waals surface area contributed by atoms with Crippen molar-refractivity contribution in [3.8, 4) is 0 Å². The van der Waals surface area contributed by atoms with Crippen LogP contribution in [0.25, 0.3) is 0 Å². The molecule has 2 atom stereocenters. The maximum atomic E-state index is 12.9. The second kappa shape index (κ2) is 10.7. The molecule has 1 saturated heterocycles. The van der Waals surface area contributed by atoms with Crippen molar-refractivity contribution >= 4 is 10.0 Å². The number of rotatable bonds is 12. The summed E-state index contributed by atoms with van der Waals surface area (Å²) in [5.41, 5.74) is 0. The van der Waals surface area contributed by atoms with Crippen molar-refractivity contribution in [3.05, 3.63) is 0 Å². The molecule has 0 aromatic heterocycles. The minimum Gasteiger partial charge on any atom is -0.381 e. The van der Waals surface area contributed by atoms with Crippen molar-refractivity contribution in [2.75, 3.05) is 65.8 Å². The summed E-state index contributed by atoms with van der Waals surface area (Å²) in [5.74, 6) is 0.182. The fourth-order valence-electron chi connectivity index (χ4n) is 3.24. The zero-order valence-electron chi connectivity index (χ0n) is 16.2. The molecule has 0 spiro atoms. The van der Waals surface area contributed by atoms with E-state index in [-0.39, 0.29) is 11.7 Å². The van der Waals surface area contributed by atoms with Gasteiger partial charge in [-0.2, -0.15) is 4.31 Å². The molecule has 0 saturated carbocycles. The number of likely N-dealkylation sites (tertiary alicyclic amines) is 1. The van der Waals surface area contributed by atoms with Gasteiger partial charge in [0, 0.05) is 32.3 Å². The highest BCUT2D eigenvalue weighted by molar-refractivity contribution is 7.89. The molecule has 1 aliphatic rings. The van der Waals surface area contributed by atoms with Crippen LogP contribution in [0.2, 0.25) is 0 Å². The molecule has 1 fully saturated rings. The molecular formula is C17H37N3O3S. The molecule has 0 N–H and O–H groups in total. The first kappa shape index (κ1) is 21.8. The molecule has 0 bridgehead atoms. The lowest BCUT2D eigenvalue weighted by Crippen LogP contribution is -2.46. The third-order valence-electron chi connectivity index (χ3n) is 4.61. The van der Waals surface area contributed by atoms with Gasteiger partial charge in [-0.25, -0.2) is 8.42 Å². The van der Waals surface area contributed by atoms with E-state index in [1.807, 2.05) is 32.8 Å². The Balaban J connectivity index is 2.75. The van der Waals surface area contributed by atoms with Crippen LogP contribution in [0.1, 0.15) is 33.6 Å². The molecule has 1 heterocycles. The number of hydrogen-bond donors (Lipinski definition) is 0. The third kappa shape index (κ3) is 7.35. The van der Waals surface area contributed by atoms with Crippen LogP contribution < -0.4 is 0 Å². The standard InChI is InChI=1S/C17H37N3O3S/c1-6-19-10-8-9-17(19)13-20(12-11-18(4)5)24(21,22)15-16(3)14-23-7-2/h16-17H,6-15H2,1-5H3/t16-,17+/m1/s1. The number of likely N-dealkylation sites (N-methyl/N-ethyl adjacent to an activating group) is 2. The molecule has 0 aromatic rings.